The monoisotopic (exact) mass is 448 g/mol. The van der Waals surface area contributed by atoms with Gasteiger partial charge in [-0.25, -0.2) is 4.79 Å². The number of carbonyl (C=O) groups is 2. The number of Topliss-reactive ketones (excluding diaryl/α,β-unsaturated/α-hetero) is 1. The molecule has 6 heteroatoms. The summed E-state index contributed by atoms with van der Waals surface area (Å²) in [6.45, 7) is 7.06. The maximum Gasteiger partial charge on any atom is 0.405 e. The van der Waals surface area contributed by atoms with Crippen LogP contribution in [0.25, 0.3) is 0 Å². The third-order valence-electron chi connectivity index (χ3n) is 7.06. The molecule has 1 saturated carbocycles. The number of primary amides is 1. The van der Waals surface area contributed by atoms with E-state index in [-0.39, 0.29) is 11.7 Å². The molecule has 1 aromatic carbocycles. The first-order chi connectivity index (χ1) is 14.7. The summed E-state index contributed by atoms with van der Waals surface area (Å²) in [7, 11) is 0. The van der Waals surface area contributed by atoms with Crippen molar-refractivity contribution in [2.75, 3.05) is 19.6 Å². The lowest BCUT2D eigenvalue weighted by Gasteiger charge is -2.35. The zero-order valence-corrected chi connectivity index (χ0v) is 19.7. The van der Waals surface area contributed by atoms with E-state index in [2.05, 4.69) is 4.90 Å². The van der Waals surface area contributed by atoms with Gasteiger partial charge in [-0.3, -0.25) is 4.79 Å². The zero-order chi connectivity index (χ0) is 22.4. The normalized spacial score (nSPS) is 23.5. The quantitative estimate of drug-likeness (QED) is 0.518. The number of benzene rings is 1. The SMILES string of the molecule is CC(C)(C[C@H]1CC[C@H](CCN2CCC(C(=O)c3ccc(Cl)cc3)CC2)CC1)OC(N)=O. The number of ether oxygens (including phenoxy) is 1. The summed E-state index contributed by atoms with van der Waals surface area (Å²) in [5.74, 6) is 1.79. The van der Waals surface area contributed by atoms with E-state index in [9.17, 15) is 9.59 Å². The number of hydrogen-bond donors (Lipinski definition) is 1. The molecule has 0 bridgehead atoms. The van der Waals surface area contributed by atoms with E-state index in [4.69, 9.17) is 22.1 Å². The average Bonchev–Trinajstić information content (AvgIpc) is 2.72. The standard InChI is InChI=1S/C25H37ClN2O3/c1-25(2,31-24(27)30)17-19-5-3-18(4-6-19)11-14-28-15-12-21(13-16-28)23(29)20-7-9-22(26)10-8-20/h7-10,18-19,21H,3-6,11-17H2,1-2H3,(H2,27,30)/t18-,19-. The van der Waals surface area contributed by atoms with Crippen LogP contribution in [-0.4, -0.2) is 42.0 Å². The second-order valence-electron chi connectivity index (χ2n) is 10.0. The lowest BCUT2D eigenvalue weighted by atomic mass is 9.76. The first-order valence-electron chi connectivity index (χ1n) is 11.7. The Hall–Kier alpha value is -1.59. The third-order valence-corrected chi connectivity index (χ3v) is 7.32. The van der Waals surface area contributed by atoms with Gasteiger partial charge in [0.15, 0.2) is 5.78 Å². The van der Waals surface area contributed by atoms with Crippen LogP contribution in [0.5, 0.6) is 0 Å². The van der Waals surface area contributed by atoms with Gasteiger partial charge in [0.05, 0.1) is 0 Å². The summed E-state index contributed by atoms with van der Waals surface area (Å²) in [4.78, 5) is 26.3. The Bertz CT molecular complexity index is 734. The number of halogens is 1. The number of piperidine rings is 1. The van der Waals surface area contributed by atoms with Crippen molar-refractivity contribution in [1.82, 2.24) is 4.90 Å². The zero-order valence-electron chi connectivity index (χ0n) is 18.9. The summed E-state index contributed by atoms with van der Waals surface area (Å²) in [6, 6.07) is 7.28. The number of nitrogens with two attached hydrogens (primary N) is 1. The minimum atomic E-state index is -0.683. The Morgan fingerprint density at radius 3 is 2.19 bits per heavy atom. The summed E-state index contributed by atoms with van der Waals surface area (Å²) >= 11 is 5.93. The molecule has 1 aromatic rings. The van der Waals surface area contributed by atoms with Crippen LogP contribution in [0.4, 0.5) is 4.79 Å². The highest BCUT2D eigenvalue weighted by Gasteiger charge is 2.30. The van der Waals surface area contributed by atoms with E-state index in [1.165, 1.54) is 32.1 Å². The van der Waals surface area contributed by atoms with Gasteiger partial charge in [0.25, 0.3) is 0 Å². The van der Waals surface area contributed by atoms with Crippen LogP contribution in [-0.2, 0) is 4.74 Å². The minimum Gasteiger partial charge on any atom is -0.444 e. The van der Waals surface area contributed by atoms with Crippen molar-refractivity contribution >= 4 is 23.5 Å². The predicted octanol–water partition coefficient (Wildman–Crippen LogP) is 5.70. The predicted molar refractivity (Wildman–Crippen MR) is 124 cm³/mol. The number of rotatable bonds is 8. The van der Waals surface area contributed by atoms with Gasteiger partial charge in [-0.1, -0.05) is 37.3 Å². The van der Waals surface area contributed by atoms with Crippen molar-refractivity contribution in [3.63, 3.8) is 0 Å². The van der Waals surface area contributed by atoms with Crippen LogP contribution in [0.1, 0.15) is 75.6 Å². The van der Waals surface area contributed by atoms with Gasteiger partial charge in [-0.05, 0) is 95.3 Å². The van der Waals surface area contributed by atoms with Crippen molar-refractivity contribution in [1.29, 1.82) is 0 Å². The molecule has 1 aliphatic carbocycles. The molecule has 31 heavy (non-hydrogen) atoms. The molecule has 1 saturated heterocycles. The summed E-state index contributed by atoms with van der Waals surface area (Å²) in [6.07, 6.45) is 8.25. The van der Waals surface area contributed by atoms with Crippen LogP contribution in [0, 0.1) is 17.8 Å². The van der Waals surface area contributed by atoms with E-state index in [1.54, 1.807) is 12.1 Å². The van der Waals surface area contributed by atoms with E-state index in [0.717, 1.165) is 50.4 Å². The van der Waals surface area contributed by atoms with Gasteiger partial charge in [-0.15, -0.1) is 0 Å². The number of nitrogens with zero attached hydrogens (tertiary/aromatic N) is 1. The van der Waals surface area contributed by atoms with E-state index < -0.39 is 11.7 Å². The molecule has 2 aliphatic rings. The van der Waals surface area contributed by atoms with Crippen LogP contribution >= 0.6 is 11.6 Å². The molecule has 1 amide bonds. The van der Waals surface area contributed by atoms with Crippen molar-refractivity contribution in [3.8, 4) is 0 Å². The average molecular weight is 449 g/mol. The largest absolute Gasteiger partial charge is 0.444 e. The van der Waals surface area contributed by atoms with Crippen LogP contribution in [0.2, 0.25) is 5.02 Å². The fourth-order valence-electron chi connectivity index (χ4n) is 5.37. The molecule has 5 nitrogen and oxygen atoms in total. The molecule has 2 fully saturated rings. The van der Waals surface area contributed by atoms with Gasteiger partial charge in [-0.2, -0.15) is 0 Å². The molecular formula is C25H37ClN2O3. The third kappa shape index (κ3) is 7.50. The summed E-state index contributed by atoms with van der Waals surface area (Å²) < 4.78 is 5.26. The molecule has 0 spiro atoms. The minimum absolute atomic E-state index is 0.138. The summed E-state index contributed by atoms with van der Waals surface area (Å²) in [5.41, 5.74) is 5.49. The Labute approximate surface area is 191 Å². The fraction of sp³-hybridized carbons (Fsp3) is 0.680. The van der Waals surface area contributed by atoms with Crippen molar-refractivity contribution in [3.05, 3.63) is 34.9 Å². The first kappa shape index (κ1) is 24.1. The fourth-order valence-corrected chi connectivity index (χ4v) is 5.49. The molecule has 3 rings (SSSR count). The van der Waals surface area contributed by atoms with Crippen LogP contribution < -0.4 is 5.73 Å². The molecule has 1 heterocycles. The number of hydrogen-bond acceptors (Lipinski definition) is 4. The molecule has 172 valence electrons. The number of carbonyl (C=O) groups excluding carboxylic acids is 2. The molecule has 0 atom stereocenters. The first-order valence-corrected chi connectivity index (χ1v) is 12.1. The summed E-state index contributed by atoms with van der Waals surface area (Å²) in [5, 5.41) is 0.670. The lowest BCUT2D eigenvalue weighted by Crippen LogP contribution is -2.38. The molecule has 0 aromatic heterocycles. The van der Waals surface area contributed by atoms with E-state index in [1.807, 2.05) is 26.0 Å². The molecule has 0 radical (unpaired) electrons. The van der Waals surface area contributed by atoms with E-state index in [0.29, 0.717) is 10.9 Å². The van der Waals surface area contributed by atoms with Gasteiger partial charge in [0, 0.05) is 16.5 Å². The lowest BCUT2D eigenvalue weighted by molar-refractivity contribution is 0.0192. The second-order valence-corrected chi connectivity index (χ2v) is 10.5. The van der Waals surface area contributed by atoms with Gasteiger partial charge < -0.3 is 15.4 Å². The Morgan fingerprint density at radius 2 is 1.61 bits per heavy atom. The Kier molecular flexibility index (Phi) is 8.40. The van der Waals surface area contributed by atoms with Gasteiger partial charge in [0.2, 0.25) is 0 Å². The van der Waals surface area contributed by atoms with Crippen molar-refractivity contribution in [2.45, 2.75) is 70.8 Å². The molecule has 1 aliphatic heterocycles. The highest BCUT2D eigenvalue weighted by atomic mass is 35.5. The van der Waals surface area contributed by atoms with E-state index >= 15 is 0 Å². The number of ketones is 1. The maximum atomic E-state index is 12.7. The molecule has 2 N–H and O–H groups in total. The smallest absolute Gasteiger partial charge is 0.405 e. The highest BCUT2D eigenvalue weighted by molar-refractivity contribution is 6.30. The number of likely N-dealkylation sites (tertiary alicyclic amines) is 1. The molecular weight excluding hydrogens is 412 g/mol. The second kappa shape index (κ2) is 10.8. The van der Waals surface area contributed by atoms with Gasteiger partial charge >= 0.3 is 6.09 Å². The van der Waals surface area contributed by atoms with Gasteiger partial charge in [0.1, 0.15) is 5.60 Å². The maximum absolute atomic E-state index is 12.7. The number of amides is 1. The Morgan fingerprint density at radius 1 is 1.03 bits per heavy atom. The topological polar surface area (TPSA) is 72.6 Å². The van der Waals surface area contributed by atoms with Crippen LogP contribution in [0.15, 0.2) is 24.3 Å². The van der Waals surface area contributed by atoms with Crippen molar-refractivity contribution in [2.24, 2.45) is 23.5 Å². The van der Waals surface area contributed by atoms with Crippen molar-refractivity contribution < 1.29 is 14.3 Å². The van der Waals surface area contributed by atoms with Crippen LogP contribution in [0.3, 0.4) is 0 Å². The molecule has 0 unspecified atom stereocenters. The highest BCUT2D eigenvalue weighted by Crippen LogP contribution is 2.36. The Balaban J connectivity index is 1.34.